The van der Waals surface area contributed by atoms with E-state index in [0.29, 0.717) is 11.8 Å². The molecule has 0 saturated heterocycles. The summed E-state index contributed by atoms with van der Waals surface area (Å²) in [6.45, 7) is 4.40. The van der Waals surface area contributed by atoms with Gasteiger partial charge in [0.05, 0.1) is 6.10 Å². The molecule has 25 heavy (non-hydrogen) atoms. The molecule has 0 bridgehead atoms. The van der Waals surface area contributed by atoms with E-state index >= 15 is 0 Å². The van der Waals surface area contributed by atoms with Gasteiger partial charge in [0.15, 0.2) is 6.79 Å². The number of aliphatic hydroxyl groups is 2. The molecule has 4 aliphatic carbocycles. The van der Waals surface area contributed by atoms with Crippen LogP contribution in [0, 0.1) is 34.5 Å². The van der Waals surface area contributed by atoms with Crippen molar-refractivity contribution >= 4 is 0 Å². The highest BCUT2D eigenvalue weighted by Gasteiger charge is 2.58. The van der Waals surface area contributed by atoms with E-state index in [1.165, 1.54) is 19.3 Å². The Morgan fingerprint density at radius 2 is 1.96 bits per heavy atom. The fourth-order valence-corrected chi connectivity index (χ4v) is 6.82. The Morgan fingerprint density at radius 1 is 1.12 bits per heavy atom. The predicted molar refractivity (Wildman–Crippen MR) is 95.2 cm³/mol. The average Bonchev–Trinajstić information content (AvgIpc) is 2.93. The van der Waals surface area contributed by atoms with Crippen molar-refractivity contribution in [1.82, 2.24) is 0 Å². The van der Waals surface area contributed by atoms with Gasteiger partial charge in [0.25, 0.3) is 0 Å². The van der Waals surface area contributed by atoms with E-state index in [-0.39, 0.29) is 30.5 Å². The largest absolute Gasteiger partial charge is 0.472 e. The smallest absolute Gasteiger partial charge is 0.185 e. The maximum atomic E-state index is 9.23. The van der Waals surface area contributed by atoms with Crippen LogP contribution in [-0.2, 0) is 9.47 Å². The van der Waals surface area contributed by atoms with Gasteiger partial charge in [-0.15, -0.1) is 0 Å². The van der Waals surface area contributed by atoms with Crippen LogP contribution >= 0.6 is 0 Å². The summed E-state index contributed by atoms with van der Waals surface area (Å²) in [4.78, 5) is 0. The maximum Gasteiger partial charge on any atom is 0.185 e. The Morgan fingerprint density at radius 3 is 2.72 bits per heavy atom. The minimum absolute atomic E-state index is 0.0752. The number of fused-ring (bicyclic) bond motifs is 5. The van der Waals surface area contributed by atoms with Gasteiger partial charge in [0.2, 0.25) is 0 Å². The molecular formula is C21H32O4. The Kier molecular flexibility index (Phi) is 4.50. The molecule has 0 radical (unpaired) electrons. The van der Waals surface area contributed by atoms with Crippen LogP contribution in [0.15, 0.2) is 24.0 Å². The zero-order chi connectivity index (χ0) is 17.7. The number of hydrogen-bond donors (Lipinski definition) is 2. The van der Waals surface area contributed by atoms with Crippen molar-refractivity contribution in [2.75, 3.05) is 13.6 Å². The zero-order valence-corrected chi connectivity index (χ0v) is 15.5. The monoisotopic (exact) mass is 348 g/mol. The van der Waals surface area contributed by atoms with Crippen LogP contribution in [0.25, 0.3) is 0 Å². The first-order chi connectivity index (χ1) is 12.0. The molecule has 2 N–H and O–H groups in total. The Bertz CT molecular complexity index is 570. The van der Waals surface area contributed by atoms with E-state index < -0.39 is 0 Å². The third-order valence-corrected chi connectivity index (χ3v) is 8.17. The number of allylic oxidation sites excluding steroid dienone is 3. The Hall–Kier alpha value is -0.840. The molecule has 140 valence electrons. The summed E-state index contributed by atoms with van der Waals surface area (Å²) < 4.78 is 11.0. The molecule has 4 rings (SSSR count). The van der Waals surface area contributed by atoms with Crippen molar-refractivity contribution in [3.8, 4) is 0 Å². The van der Waals surface area contributed by atoms with Crippen LogP contribution < -0.4 is 0 Å². The van der Waals surface area contributed by atoms with E-state index in [1.54, 1.807) is 0 Å². The van der Waals surface area contributed by atoms with Crippen LogP contribution in [0.3, 0.4) is 0 Å². The van der Waals surface area contributed by atoms with Gasteiger partial charge in [-0.05, 0) is 73.7 Å². The zero-order valence-electron chi connectivity index (χ0n) is 15.5. The Labute approximate surface area is 150 Å². The van der Waals surface area contributed by atoms with Gasteiger partial charge in [-0.25, -0.2) is 0 Å². The lowest BCUT2D eigenvalue weighted by molar-refractivity contribution is -0.102. The van der Waals surface area contributed by atoms with Crippen molar-refractivity contribution in [3.05, 3.63) is 24.0 Å². The molecule has 4 nitrogen and oxygen atoms in total. The van der Waals surface area contributed by atoms with Gasteiger partial charge in [0.1, 0.15) is 12.6 Å². The summed E-state index contributed by atoms with van der Waals surface area (Å²) in [6.07, 6.45) is 13.9. The fourth-order valence-electron chi connectivity index (χ4n) is 6.82. The SMILES string of the molecule is C[C@]12C=CC(OCO)CC1CC[C@@H]1[C@H]2CC[C@]2(C)C(OCO)=CC[C@@H]12. The van der Waals surface area contributed by atoms with Crippen molar-refractivity contribution in [2.45, 2.75) is 58.5 Å². The van der Waals surface area contributed by atoms with E-state index in [0.717, 1.165) is 36.9 Å². The molecule has 0 heterocycles. The fraction of sp³-hybridized carbons (Fsp3) is 0.810. The second kappa shape index (κ2) is 6.40. The quantitative estimate of drug-likeness (QED) is 0.602. The molecule has 7 atom stereocenters. The van der Waals surface area contributed by atoms with Gasteiger partial charge >= 0.3 is 0 Å². The minimum atomic E-state index is -0.211. The second-order valence-electron chi connectivity index (χ2n) is 8.98. The third kappa shape index (κ3) is 2.60. The standard InChI is InChI=1S/C21H32O4/c1-20-9-7-15(24-12-22)11-14(20)3-4-16-17-5-6-19(25-13-23)21(17,2)10-8-18(16)20/h6-7,9,14-18,22-23H,3-5,8,10-13H2,1-2H3/t14?,15?,16-,17-,18+,20-,21-/m0/s1. The third-order valence-electron chi connectivity index (χ3n) is 8.17. The van der Waals surface area contributed by atoms with Crippen LogP contribution in [0.5, 0.6) is 0 Å². The molecule has 0 amide bonds. The topological polar surface area (TPSA) is 58.9 Å². The van der Waals surface area contributed by atoms with Gasteiger partial charge in [-0.3, -0.25) is 0 Å². The molecule has 0 aliphatic heterocycles. The van der Waals surface area contributed by atoms with E-state index in [1.807, 2.05) is 0 Å². The first-order valence-corrected chi connectivity index (χ1v) is 9.89. The molecule has 0 aromatic heterocycles. The van der Waals surface area contributed by atoms with Gasteiger partial charge in [0, 0.05) is 5.41 Å². The minimum Gasteiger partial charge on any atom is -0.472 e. The molecular weight excluding hydrogens is 316 g/mol. The first kappa shape index (κ1) is 17.6. The predicted octanol–water partition coefficient (Wildman–Crippen LogP) is 3.60. The van der Waals surface area contributed by atoms with E-state index in [2.05, 4.69) is 32.1 Å². The molecule has 4 heteroatoms. The number of hydrogen-bond acceptors (Lipinski definition) is 4. The lowest BCUT2D eigenvalue weighted by atomic mass is 9.46. The van der Waals surface area contributed by atoms with Crippen LogP contribution in [-0.4, -0.2) is 29.9 Å². The van der Waals surface area contributed by atoms with Crippen molar-refractivity contribution in [2.24, 2.45) is 34.5 Å². The second-order valence-corrected chi connectivity index (χ2v) is 8.98. The summed E-state index contributed by atoms with van der Waals surface area (Å²) >= 11 is 0. The Balaban J connectivity index is 1.57. The molecule has 4 aliphatic rings. The highest BCUT2D eigenvalue weighted by atomic mass is 16.6. The van der Waals surface area contributed by atoms with Gasteiger partial charge in [-0.2, -0.15) is 0 Å². The molecule has 0 aromatic carbocycles. The summed E-state index contributed by atoms with van der Waals surface area (Å²) in [5, 5.41) is 18.3. The highest BCUT2D eigenvalue weighted by molar-refractivity contribution is 5.23. The van der Waals surface area contributed by atoms with Crippen LogP contribution in [0.2, 0.25) is 0 Å². The number of rotatable bonds is 4. The van der Waals surface area contributed by atoms with Gasteiger partial charge < -0.3 is 19.7 Å². The molecule has 0 spiro atoms. The summed E-state index contributed by atoms with van der Waals surface area (Å²) in [5.41, 5.74) is 0.355. The van der Waals surface area contributed by atoms with Crippen molar-refractivity contribution in [1.29, 1.82) is 0 Å². The highest BCUT2D eigenvalue weighted by Crippen LogP contribution is 2.65. The van der Waals surface area contributed by atoms with Crippen molar-refractivity contribution < 1.29 is 19.7 Å². The molecule has 2 unspecified atom stereocenters. The maximum absolute atomic E-state index is 9.23. The van der Waals surface area contributed by atoms with Crippen molar-refractivity contribution in [3.63, 3.8) is 0 Å². The normalized spacial score (nSPS) is 48.3. The summed E-state index contributed by atoms with van der Waals surface area (Å²) in [6, 6.07) is 0. The molecule has 2 saturated carbocycles. The molecule has 2 fully saturated rings. The average molecular weight is 348 g/mol. The lowest BCUT2D eigenvalue weighted by Gasteiger charge is -2.59. The van der Waals surface area contributed by atoms with Crippen LogP contribution in [0.4, 0.5) is 0 Å². The van der Waals surface area contributed by atoms with Gasteiger partial charge in [-0.1, -0.05) is 26.0 Å². The summed E-state index contributed by atoms with van der Waals surface area (Å²) in [7, 11) is 0. The first-order valence-electron chi connectivity index (χ1n) is 9.89. The number of ether oxygens (including phenoxy) is 2. The van der Waals surface area contributed by atoms with E-state index in [9.17, 15) is 5.11 Å². The molecule has 0 aromatic rings. The van der Waals surface area contributed by atoms with E-state index in [4.69, 9.17) is 14.6 Å². The number of aliphatic hydroxyl groups excluding tert-OH is 2. The lowest BCUT2D eigenvalue weighted by Crippen LogP contribution is -2.52. The summed E-state index contributed by atoms with van der Waals surface area (Å²) in [5.74, 6) is 3.78. The van der Waals surface area contributed by atoms with Crippen LogP contribution in [0.1, 0.15) is 52.4 Å².